The van der Waals surface area contributed by atoms with Crippen molar-refractivity contribution in [2.45, 2.75) is 0 Å². The molecule has 0 bridgehead atoms. The molecule has 0 N–H and O–H groups in total. The van der Waals surface area contributed by atoms with E-state index in [4.69, 9.17) is 4.74 Å². The van der Waals surface area contributed by atoms with Crippen LogP contribution in [-0.2, 0) is 4.74 Å². The van der Waals surface area contributed by atoms with Gasteiger partial charge in [0, 0.05) is 23.8 Å². The first kappa shape index (κ1) is 15.2. The molecule has 0 aliphatic carbocycles. The van der Waals surface area contributed by atoms with Crippen molar-refractivity contribution in [1.82, 2.24) is 0 Å². The number of anilines is 1. The van der Waals surface area contributed by atoms with Crippen LogP contribution in [-0.4, -0.2) is 32.5 Å². The number of rotatable bonds is 3. The first-order chi connectivity index (χ1) is 10.7. The van der Waals surface area contributed by atoms with E-state index in [0.717, 1.165) is 28.8 Å². The molecular weight excluding hydrogens is 347 g/mol. The second-order valence-electron chi connectivity index (χ2n) is 5.04. The molecule has 3 rings (SSSR count). The fraction of sp³-hybridized carbons (Fsp3) is 0.235. The minimum Gasteiger partial charge on any atom is -0.378 e. The molecule has 0 unspecified atom stereocenters. The molecule has 2 aromatic carbocycles. The number of hydrogen-bond acceptors (Lipinski definition) is 3. The van der Waals surface area contributed by atoms with Crippen LogP contribution in [0.1, 0.15) is 5.56 Å². The van der Waals surface area contributed by atoms with Crippen molar-refractivity contribution in [3.05, 3.63) is 58.3 Å². The lowest BCUT2D eigenvalue weighted by atomic mass is 10.2. The number of benzene rings is 2. The molecule has 0 amide bonds. The summed E-state index contributed by atoms with van der Waals surface area (Å²) in [6.07, 6.45) is 1.68. The van der Waals surface area contributed by atoms with Gasteiger partial charge >= 0.3 is 0 Å². The standard InChI is InChI=1S/C17H16BrFN2O/c18-14-2-4-15(5-3-14)20-12-13-1-6-17(16(19)11-13)21-7-9-22-10-8-21/h1-6,11-12H,7-10H2. The van der Waals surface area contributed by atoms with Gasteiger partial charge in [0.05, 0.1) is 24.6 Å². The van der Waals surface area contributed by atoms with Crippen LogP contribution in [0.2, 0.25) is 0 Å². The number of nitrogens with zero attached hydrogens (tertiary/aromatic N) is 2. The van der Waals surface area contributed by atoms with E-state index >= 15 is 0 Å². The van der Waals surface area contributed by atoms with Crippen molar-refractivity contribution in [1.29, 1.82) is 0 Å². The minimum atomic E-state index is -0.221. The molecule has 1 aliphatic rings. The van der Waals surface area contributed by atoms with E-state index in [-0.39, 0.29) is 5.82 Å². The molecule has 3 nitrogen and oxygen atoms in total. The smallest absolute Gasteiger partial charge is 0.147 e. The first-order valence-electron chi connectivity index (χ1n) is 7.14. The molecule has 0 spiro atoms. The summed E-state index contributed by atoms with van der Waals surface area (Å²) in [5.41, 5.74) is 2.21. The first-order valence-corrected chi connectivity index (χ1v) is 7.93. The maximum Gasteiger partial charge on any atom is 0.147 e. The molecule has 2 aromatic rings. The Hall–Kier alpha value is -1.72. The zero-order valence-corrected chi connectivity index (χ0v) is 13.6. The van der Waals surface area contributed by atoms with Crippen molar-refractivity contribution in [2.75, 3.05) is 31.2 Å². The monoisotopic (exact) mass is 362 g/mol. The van der Waals surface area contributed by atoms with Gasteiger partial charge in [-0.15, -0.1) is 0 Å². The second-order valence-corrected chi connectivity index (χ2v) is 5.96. The Kier molecular flexibility index (Phi) is 4.85. The number of morpholine rings is 1. The number of halogens is 2. The van der Waals surface area contributed by atoms with Gasteiger partial charge in [0.1, 0.15) is 5.82 Å². The van der Waals surface area contributed by atoms with Crippen molar-refractivity contribution in [3.63, 3.8) is 0 Å². The average molecular weight is 363 g/mol. The molecule has 1 saturated heterocycles. The molecule has 0 radical (unpaired) electrons. The third-order valence-electron chi connectivity index (χ3n) is 3.51. The van der Waals surface area contributed by atoms with Gasteiger partial charge in [0.25, 0.3) is 0 Å². The minimum absolute atomic E-state index is 0.221. The highest BCUT2D eigenvalue weighted by Crippen LogP contribution is 2.22. The Balaban J connectivity index is 1.75. The zero-order valence-electron chi connectivity index (χ0n) is 12.0. The molecular formula is C17H16BrFN2O. The van der Waals surface area contributed by atoms with Gasteiger partial charge in [-0.2, -0.15) is 0 Å². The molecule has 0 saturated carbocycles. The highest BCUT2D eigenvalue weighted by molar-refractivity contribution is 9.10. The zero-order chi connectivity index (χ0) is 15.4. The number of hydrogen-bond donors (Lipinski definition) is 0. The molecule has 114 valence electrons. The Labute approximate surface area is 137 Å². The van der Waals surface area contributed by atoms with E-state index < -0.39 is 0 Å². The largest absolute Gasteiger partial charge is 0.378 e. The van der Waals surface area contributed by atoms with Gasteiger partial charge in [0.15, 0.2) is 0 Å². The van der Waals surface area contributed by atoms with Crippen molar-refractivity contribution in [2.24, 2.45) is 4.99 Å². The topological polar surface area (TPSA) is 24.8 Å². The van der Waals surface area contributed by atoms with Crippen LogP contribution in [0.5, 0.6) is 0 Å². The summed E-state index contributed by atoms with van der Waals surface area (Å²) in [6.45, 7) is 2.74. The van der Waals surface area contributed by atoms with Crippen LogP contribution < -0.4 is 4.90 Å². The van der Waals surface area contributed by atoms with Gasteiger partial charge in [-0.25, -0.2) is 4.39 Å². The van der Waals surface area contributed by atoms with Crippen molar-refractivity contribution in [3.8, 4) is 0 Å². The number of ether oxygens (including phenoxy) is 1. The molecule has 22 heavy (non-hydrogen) atoms. The quantitative estimate of drug-likeness (QED) is 0.765. The molecule has 1 heterocycles. The lowest BCUT2D eigenvalue weighted by Crippen LogP contribution is -2.36. The summed E-state index contributed by atoms with van der Waals surface area (Å²) in [5.74, 6) is -0.221. The van der Waals surface area contributed by atoms with E-state index in [2.05, 4.69) is 20.9 Å². The van der Waals surface area contributed by atoms with Crippen LogP contribution >= 0.6 is 15.9 Å². The average Bonchev–Trinajstić information content (AvgIpc) is 2.55. The van der Waals surface area contributed by atoms with Crippen molar-refractivity contribution < 1.29 is 9.13 Å². The van der Waals surface area contributed by atoms with Crippen LogP contribution in [0, 0.1) is 5.82 Å². The normalized spacial score (nSPS) is 15.5. The van der Waals surface area contributed by atoms with E-state index in [1.165, 1.54) is 6.07 Å². The van der Waals surface area contributed by atoms with Gasteiger partial charge in [-0.05, 0) is 42.0 Å². The molecule has 1 aliphatic heterocycles. The maximum atomic E-state index is 14.3. The predicted octanol–water partition coefficient (Wildman–Crippen LogP) is 4.18. The molecule has 5 heteroatoms. The van der Waals surface area contributed by atoms with Gasteiger partial charge < -0.3 is 9.64 Å². The van der Waals surface area contributed by atoms with Gasteiger partial charge in [-0.1, -0.05) is 22.0 Å². The fourth-order valence-corrected chi connectivity index (χ4v) is 2.60. The highest BCUT2D eigenvalue weighted by Gasteiger charge is 2.14. The predicted molar refractivity (Wildman–Crippen MR) is 90.8 cm³/mol. The fourth-order valence-electron chi connectivity index (χ4n) is 2.34. The summed E-state index contributed by atoms with van der Waals surface area (Å²) in [5, 5.41) is 0. The lowest BCUT2D eigenvalue weighted by molar-refractivity contribution is 0.122. The van der Waals surface area contributed by atoms with E-state index in [1.807, 2.05) is 41.3 Å². The Morgan fingerprint density at radius 2 is 1.82 bits per heavy atom. The Bertz CT molecular complexity index is 667. The molecule has 1 fully saturated rings. The number of aliphatic imine (C=N–C) groups is 1. The highest BCUT2D eigenvalue weighted by atomic mass is 79.9. The van der Waals surface area contributed by atoms with Crippen LogP contribution in [0.25, 0.3) is 0 Å². The lowest BCUT2D eigenvalue weighted by Gasteiger charge is -2.29. The maximum absolute atomic E-state index is 14.3. The second kappa shape index (κ2) is 7.03. The third kappa shape index (κ3) is 3.72. The van der Waals surface area contributed by atoms with E-state index in [1.54, 1.807) is 6.21 Å². The molecule has 0 aromatic heterocycles. The van der Waals surface area contributed by atoms with Crippen LogP contribution in [0.15, 0.2) is 51.9 Å². The summed E-state index contributed by atoms with van der Waals surface area (Å²) in [7, 11) is 0. The van der Waals surface area contributed by atoms with E-state index in [9.17, 15) is 4.39 Å². The van der Waals surface area contributed by atoms with Gasteiger partial charge in [0.2, 0.25) is 0 Å². The Morgan fingerprint density at radius 3 is 2.50 bits per heavy atom. The summed E-state index contributed by atoms with van der Waals surface area (Å²) >= 11 is 3.38. The summed E-state index contributed by atoms with van der Waals surface area (Å²) in [4.78, 5) is 6.36. The third-order valence-corrected chi connectivity index (χ3v) is 4.04. The van der Waals surface area contributed by atoms with E-state index in [0.29, 0.717) is 18.9 Å². The summed E-state index contributed by atoms with van der Waals surface area (Å²) in [6, 6.07) is 12.9. The summed E-state index contributed by atoms with van der Waals surface area (Å²) < 4.78 is 20.6. The molecule has 0 atom stereocenters. The van der Waals surface area contributed by atoms with Crippen LogP contribution in [0.3, 0.4) is 0 Å². The van der Waals surface area contributed by atoms with Gasteiger partial charge in [-0.3, -0.25) is 4.99 Å². The van der Waals surface area contributed by atoms with Crippen molar-refractivity contribution >= 4 is 33.5 Å². The van der Waals surface area contributed by atoms with Crippen LogP contribution in [0.4, 0.5) is 15.8 Å². The SMILES string of the molecule is Fc1cc(C=Nc2ccc(Br)cc2)ccc1N1CCOCC1. The Morgan fingerprint density at radius 1 is 1.09 bits per heavy atom.